The highest BCUT2D eigenvalue weighted by Gasteiger charge is 2.20. The summed E-state index contributed by atoms with van der Waals surface area (Å²) in [4.78, 5) is 47.3. The van der Waals surface area contributed by atoms with Gasteiger partial charge >= 0.3 is 0 Å². The molecule has 0 aliphatic carbocycles. The monoisotopic (exact) mass is 638 g/mol. The van der Waals surface area contributed by atoms with E-state index in [1.165, 1.54) is 36.4 Å². The summed E-state index contributed by atoms with van der Waals surface area (Å²) in [5.41, 5.74) is 1.66. The van der Waals surface area contributed by atoms with E-state index in [-0.39, 0.29) is 31.4 Å². The first kappa shape index (κ1) is 26.6. The minimum absolute atomic E-state index is 0.0909. The van der Waals surface area contributed by atoms with E-state index in [2.05, 4.69) is 42.5 Å². The molecule has 0 bridgehead atoms. The van der Waals surface area contributed by atoms with E-state index in [0.717, 1.165) is 0 Å². The summed E-state index contributed by atoms with van der Waals surface area (Å²) < 4.78 is 0.500. The van der Waals surface area contributed by atoms with Crippen LogP contribution in [0.15, 0.2) is 93.9 Å². The minimum Gasteiger partial charge on any atom is -0.321 e. The van der Waals surface area contributed by atoms with Gasteiger partial charge in [-0.25, -0.2) is 0 Å². The van der Waals surface area contributed by atoms with Crippen LogP contribution in [-0.2, 0) is 0 Å². The van der Waals surface area contributed by atoms with Crippen LogP contribution in [0.25, 0.3) is 11.1 Å². The Morgan fingerprint density at radius 3 is 1.34 bits per heavy atom. The van der Waals surface area contributed by atoms with Gasteiger partial charge in [0, 0.05) is 45.8 Å². The van der Waals surface area contributed by atoms with E-state index in [9.17, 15) is 29.8 Å². The van der Waals surface area contributed by atoms with Gasteiger partial charge in [0.1, 0.15) is 0 Å². The molecule has 4 aromatic rings. The molecule has 0 spiro atoms. The predicted octanol–water partition coefficient (Wildman–Crippen LogP) is 7.20. The molecule has 2 N–H and O–H groups in total. The summed E-state index contributed by atoms with van der Waals surface area (Å²) in [6.45, 7) is 0. The largest absolute Gasteiger partial charge is 0.321 e. The first-order valence-electron chi connectivity index (χ1n) is 10.8. The zero-order chi connectivity index (χ0) is 27.4. The first-order valence-corrected chi connectivity index (χ1v) is 12.4. The fraction of sp³-hybridized carbons (Fsp3) is 0. The number of amides is 2. The van der Waals surface area contributed by atoms with Crippen molar-refractivity contribution in [3.05, 3.63) is 125 Å². The Bertz CT molecular complexity index is 1490. The molecule has 10 nitrogen and oxygen atoms in total. The van der Waals surface area contributed by atoms with Crippen LogP contribution in [-0.4, -0.2) is 21.7 Å². The van der Waals surface area contributed by atoms with Crippen molar-refractivity contribution in [1.82, 2.24) is 0 Å². The number of rotatable bonds is 7. The van der Waals surface area contributed by atoms with Gasteiger partial charge in [0.2, 0.25) is 0 Å². The zero-order valence-corrected chi connectivity index (χ0v) is 22.4. The smallest absolute Gasteiger partial charge is 0.284 e. The first-order chi connectivity index (χ1) is 18.2. The van der Waals surface area contributed by atoms with Crippen molar-refractivity contribution in [3.63, 3.8) is 0 Å². The SMILES string of the molecule is O=C(Nc1ccccc1-c1ccccc1NC(=O)c1ccc(Br)c([N+](=O)[O-])c1)c1ccc(Br)c([N+](=O)[O-])c1. The summed E-state index contributed by atoms with van der Waals surface area (Å²) in [5, 5.41) is 28.1. The number of hydrogen-bond donors (Lipinski definition) is 2. The Labute approximate surface area is 232 Å². The van der Waals surface area contributed by atoms with Crippen molar-refractivity contribution in [2.24, 2.45) is 0 Å². The summed E-state index contributed by atoms with van der Waals surface area (Å²) in [7, 11) is 0. The molecule has 0 unspecified atom stereocenters. The molecule has 38 heavy (non-hydrogen) atoms. The molecule has 2 amide bonds. The van der Waals surface area contributed by atoms with Gasteiger partial charge in [0.15, 0.2) is 0 Å². The lowest BCUT2D eigenvalue weighted by molar-refractivity contribution is -0.385. The average Bonchev–Trinajstić information content (AvgIpc) is 2.89. The Morgan fingerprint density at radius 2 is 0.974 bits per heavy atom. The number of carbonyl (C=O) groups excluding carboxylic acids is 2. The Balaban J connectivity index is 1.65. The molecular formula is C26H16Br2N4O6. The normalized spacial score (nSPS) is 10.5. The molecule has 12 heteroatoms. The number of nitrogens with zero attached hydrogens (tertiary/aromatic N) is 2. The van der Waals surface area contributed by atoms with Crippen LogP contribution < -0.4 is 10.6 Å². The van der Waals surface area contributed by atoms with Crippen LogP contribution in [0.2, 0.25) is 0 Å². The molecule has 0 heterocycles. The molecule has 0 saturated carbocycles. The number of carbonyl (C=O) groups is 2. The quantitative estimate of drug-likeness (QED) is 0.162. The van der Waals surface area contributed by atoms with E-state index in [0.29, 0.717) is 22.5 Å². The number of benzene rings is 4. The second-order valence-corrected chi connectivity index (χ2v) is 9.55. The number of nitro benzene ring substituents is 2. The maximum absolute atomic E-state index is 13.0. The summed E-state index contributed by atoms with van der Waals surface area (Å²) in [5.74, 6) is -1.12. The second kappa shape index (κ2) is 11.3. The topological polar surface area (TPSA) is 144 Å². The molecule has 0 atom stereocenters. The van der Waals surface area contributed by atoms with Gasteiger partial charge in [0.25, 0.3) is 23.2 Å². The molecular weight excluding hydrogens is 624 g/mol. The van der Waals surface area contributed by atoms with E-state index in [1.54, 1.807) is 48.5 Å². The van der Waals surface area contributed by atoms with Crippen LogP contribution >= 0.6 is 31.9 Å². The predicted molar refractivity (Wildman–Crippen MR) is 149 cm³/mol. The van der Waals surface area contributed by atoms with Gasteiger partial charge < -0.3 is 10.6 Å². The van der Waals surface area contributed by atoms with Crippen molar-refractivity contribution in [2.75, 3.05) is 10.6 Å². The highest BCUT2D eigenvalue weighted by Crippen LogP contribution is 2.35. The van der Waals surface area contributed by atoms with Gasteiger partial charge in [-0.05, 0) is 68.3 Å². The van der Waals surface area contributed by atoms with Crippen LogP contribution in [0.4, 0.5) is 22.7 Å². The van der Waals surface area contributed by atoms with Crippen LogP contribution in [0.5, 0.6) is 0 Å². The van der Waals surface area contributed by atoms with Gasteiger partial charge in [-0.15, -0.1) is 0 Å². The molecule has 4 rings (SSSR count). The Hall–Kier alpha value is -4.42. The minimum atomic E-state index is -0.590. The lowest BCUT2D eigenvalue weighted by Crippen LogP contribution is -2.14. The molecule has 0 aliphatic heterocycles. The van der Waals surface area contributed by atoms with Crippen molar-refractivity contribution in [3.8, 4) is 11.1 Å². The summed E-state index contributed by atoms with van der Waals surface area (Å²) in [6, 6.07) is 21.9. The fourth-order valence-electron chi connectivity index (χ4n) is 3.63. The van der Waals surface area contributed by atoms with Crippen molar-refractivity contribution < 1.29 is 19.4 Å². The average molecular weight is 640 g/mol. The highest BCUT2D eigenvalue weighted by atomic mass is 79.9. The Kier molecular flexibility index (Phi) is 7.93. The van der Waals surface area contributed by atoms with Gasteiger partial charge in [0.05, 0.1) is 18.8 Å². The van der Waals surface area contributed by atoms with Gasteiger partial charge in [-0.3, -0.25) is 29.8 Å². The maximum Gasteiger partial charge on any atom is 0.284 e. The van der Waals surface area contributed by atoms with Gasteiger partial charge in [-0.2, -0.15) is 0 Å². The number of hydrogen-bond acceptors (Lipinski definition) is 6. The molecule has 4 aromatic carbocycles. The Morgan fingerprint density at radius 1 is 0.605 bits per heavy atom. The van der Waals surface area contributed by atoms with Crippen molar-refractivity contribution in [2.45, 2.75) is 0 Å². The summed E-state index contributed by atoms with van der Waals surface area (Å²) >= 11 is 6.21. The third-order valence-electron chi connectivity index (χ3n) is 5.45. The van der Waals surface area contributed by atoms with E-state index in [4.69, 9.17) is 0 Å². The zero-order valence-electron chi connectivity index (χ0n) is 19.2. The standard InChI is InChI=1S/C26H16Br2N4O6/c27-19-11-9-15(13-23(19)31(35)36)25(33)29-21-7-3-1-5-17(21)18-6-2-4-8-22(18)30-26(34)16-10-12-20(28)24(14-16)32(37)38/h1-14H,(H,29,33)(H,30,34). The third kappa shape index (κ3) is 5.76. The number of halogens is 2. The maximum atomic E-state index is 13.0. The molecule has 0 saturated heterocycles. The van der Waals surface area contributed by atoms with E-state index in [1.807, 2.05) is 0 Å². The summed E-state index contributed by atoms with van der Waals surface area (Å²) in [6.07, 6.45) is 0. The number of nitrogens with one attached hydrogen (secondary N) is 2. The van der Waals surface area contributed by atoms with Crippen LogP contribution in [0.1, 0.15) is 20.7 Å². The molecule has 190 valence electrons. The van der Waals surface area contributed by atoms with Gasteiger partial charge in [-0.1, -0.05) is 36.4 Å². The van der Waals surface area contributed by atoms with Crippen molar-refractivity contribution >= 4 is 66.4 Å². The third-order valence-corrected chi connectivity index (χ3v) is 6.79. The van der Waals surface area contributed by atoms with Crippen LogP contribution in [0, 0.1) is 20.2 Å². The second-order valence-electron chi connectivity index (χ2n) is 7.85. The number of para-hydroxylation sites is 2. The van der Waals surface area contributed by atoms with Crippen LogP contribution in [0.3, 0.4) is 0 Å². The highest BCUT2D eigenvalue weighted by molar-refractivity contribution is 9.11. The lowest BCUT2D eigenvalue weighted by atomic mass is 10.0. The lowest BCUT2D eigenvalue weighted by Gasteiger charge is -2.15. The molecule has 0 aliphatic rings. The molecule has 0 radical (unpaired) electrons. The van der Waals surface area contributed by atoms with E-state index < -0.39 is 21.7 Å². The number of anilines is 2. The van der Waals surface area contributed by atoms with E-state index >= 15 is 0 Å². The molecule has 0 aromatic heterocycles. The molecule has 0 fully saturated rings. The van der Waals surface area contributed by atoms with Crippen molar-refractivity contribution in [1.29, 1.82) is 0 Å². The number of nitro groups is 2. The fourth-order valence-corrected chi connectivity index (χ4v) is 4.41.